The number of hydrogen-bond donors (Lipinski definition) is 0. The Labute approximate surface area is 159 Å². The SMILES string of the molecule is CCN1CC[C@]2(CCC1=O)CN(C(=O)CCc1cc(Cl)no1)CCN2C. The van der Waals surface area contributed by atoms with Crippen LogP contribution in [-0.2, 0) is 16.0 Å². The lowest BCUT2D eigenvalue weighted by molar-refractivity contribution is -0.137. The molecule has 3 heterocycles. The van der Waals surface area contributed by atoms with Gasteiger partial charge in [-0.15, -0.1) is 0 Å². The number of nitrogens with zero attached hydrogens (tertiary/aromatic N) is 4. The molecule has 0 bridgehead atoms. The van der Waals surface area contributed by atoms with Gasteiger partial charge in [0.05, 0.1) is 0 Å². The van der Waals surface area contributed by atoms with Gasteiger partial charge in [0.15, 0.2) is 5.15 Å². The lowest BCUT2D eigenvalue weighted by Gasteiger charge is -2.49. The third kappa shape index (κ3) is 4.04. The zero-order chi connectivity index (χ0) is 18.7. The molecular formula is C18H27ClN4O3. The summed E-state index contributed by atoms with van der Waals surface area (Å²) in [7, 11) is 2.12. The highest BCUT2D eigenvalue weighted by Crippen LogP contribution is 2.32. The summed E-state index contributed by atoms with van der Waals surface area (Å²) in [6.45, 7) is 5.77. The fraction of sp³-hybridized carbons (Fsp3) is 0.722. The molecule has 2 amide bonds. The Balaban J connectivity index is 1.63. The maximum Gasteiger partial charge on any atom is 0.223 e. The third-order valence-electron chi connectivity index (χ3n) is 5.85. The van der Waals surface area contributed by atoms with Gasteiger partial charge < -0.3 is 14.3 Å². The summed E-state index contributed by atoms with van der Waals surface area (Å²) in [5.41, 5.74) is -0.108. The summed E-state index contributed by atoms with van der Waals surface area (Å²) in [4.78, 5) is 31.2. The van der Waals surface area contributed by atoms with Crippen molar-refractivity contribution in [2.75, 3.05) is 39.8 Å². The first kappa shape index (κ1) is 19.2. The van der Waals surface area contributed by atoms with Crippen molar-refractivity contribution in [3.8, 4) is 0 Å². The van der Waals surface area contributed by atoms with Crippen molar-refractivity contribution in [1.82, 2.24) is 19.9 Å². The average molecular weight is 383 g/mol. The van der Waals surface area contributed by atoms with Gasteiger partial charge in [0.25, 0.3) is 0 Å². The van der Waals surface area contributed by atoms with Crippen LogP contribution in [0.3, 0.4) is 0 Å². The molecule has 144 valence electrons. The lowest BCUT2D eigenvalue weighted by atomic mass is 9.86. The van der Waals surface area contributed by atoms with Gasteiger partial charge in [0.2, 0.25) is 11.8 Å². The molecule has 3 rings (SSSR count). The van der Waals surface area contributed by atoms with E-state index in [1.54, 1.807) is 6.07 Å². The second-order valence-electron chi connectivity index (χ2n) is 7.30. The summed E-state index contributed by atoms with van der Waals surface area (Å²) in [6.07, 6.45) is 3.15. The normalized spacial score (nSPS) is 25.0. The highest BCUT2D eigenvalue weighted by molar-refractivity contribution is 6.29. The number of halogens is 1. The molecule has 2 fully saturated rings. The maximum absolute atomic E-state index is 12.7. The molecule has 8 heteroatoms. The number of rotatable bonds is 4. The Morgan fingerprint density at radius 3 is 2.85 bits per heavy atom. The summed E-state index contributed by atoms with van der Waals surface area (Å²) in [5.74, 6) is 0.974. The largest absolute Gasteiger partial charge is 0.360 e. The van der Waals surface area contributed by atoms with Crippen molar-refractivity contribution >= 4 is 23.4 Å². The van der Waals surface area contributed by atoms with Crippen LogP contribution in [0.25, 0.3) is 0 Å². The van der Waals surface area contributed by atoms with Crippen molar-refractivity contribution in [2.45, 2.75) is 44.6 Å². The van der Waals surface area contributed by atoms with Crippen LogP contribution in [0, 0.1) is 0 Å². The fourth-order valence-electron chi connectivity index (χ4n) is 4.03. The van der Waals surface area contributed by atoms with E-state index in [4.69, 9.17) is 16.1 Å². The highest BCUT2D eigenvalue weighted by Gasteiger charge is 2.43. The minimum Gasteiger partial charge on any atom is -0.360 e. The Morgan fingerprint density at radius 1 is 1.35 bits per heavy atom. The molecule has 0 aliphatic carbocycles. The van der Waals surface area contributed by atoms with Crippen LogP contribution in [0.15, 0.2) is 10.6 Å². The monoisotopic (exact) mass is 382 g/mol. The van der Waals surface area contributed by atoms with Gasteiger partial charge in [-0.2, -0.15) is 0 Å². The molecule has 2 saturated heterocycles. The second kappa shape index (κ2) is 7.96. The molecule has 0 saturated carbocycles. The highest BCUT2D eigenvalue weighted by atomic mass is 35.5. The number of carbonyl (C=O) groups is 2. The molecule has 0 aromatic carbocycles. The van der Waals surface area contributed by atoms with Crippen LogP contribution in [0.5, 0.6) is 0 Å². The van der Waals surface area contributed by atoms with Crippen LogP contribution in [-0.4, -0.2) is 77.0 Å². The number of piperazine rings is 1. The van der Waals surface area contributed by atoms with Crippen molar-refractivity contribution in [1.29, 1.82) is 0 Å². The number of likely N-dealkylation sites (N-methyl/N-ethyl adjacent to an activating group) is 1. The molecule has 26 heavy (non-hydrogen) atoms. The van der Waals surface area contributed by atoms with E-state index >= 15 is 0 Å². The summed E-state index contributed by atoms with van der Waals surface area (Å²) in [5, 5.41) is 3.95. The van der Waals surface area contributed by atoms with Gasteiger partial charge in [-0.1, -0.05) is 16.8 Å². The predicted molar refractivity (Wildman–Crippen MR) is 97.9 cm³/mol. The lowest BCUT2D eigenvalue weighted by Crippen LogP contribution is -2.62. The Morgan fingerprint density at radius 2 is 2.15 bits per heavy atom. The van der Waals surface area contributed by atoms with Crippen LogP contribution < -0.4 is 0 Å². The second-order valence-corrected chi connectivity index (χ2v) is 7.69. The van der Waals surface area contributed by atoms with Gasteiger partial charge in [-0.25, -0.2) is 0 Å². The number of aryl methyl sites for hydroxylation is 1. The van der Waals surface area contributed by atoms with E-state index < -0.39 is 0 Å². The van der Waals surface area contributed by atoms with Gasteiger partial charge in [-0.3, -0.25) is 14.5 Å². The Hall–Kier alpha value is -1.60. The van der Waals surface area contributed by atoms with Crippen molar-refractivity contribution in [3.63, 3.8) is 0 Å². The van der Waals surface area contributed by atoms with E-state index in [9.17, 15) is 9.59 Å². The minimum atomic E-state index is -0.108. The quantitative estimate of drug-likeness (QED) is 0.794. The first-order chi connectivity index (χ1) is 12.4. The molecule has 2 aliphatic heterocycles. The van der Waals surface area contributed by atoms with Gasteiger partial charge in [0.1, 0.15) is 5.76 Å². The van der Waals surface area contributed by atoms with E-state index in [1.807, 2.05) is 16.7 Å². The van der Waals surface area contributed by atoms with E-state index in [2.05, 4.69) is 17.1 Å². The molecule has 1 aromatic rings. The first-order valence-electron chi connectivity index (χ1n) is 9.31. The molecule has 7 nitrogen and oxygen atoms in total. The number of hydrogen-bond acceptors (Lipinski definition) is 5. The molecule has 1 atom stereocenters. The number of aromatic nitrogens is 1. The minimum absolute atomic E-state index is 0.108. The van der Waals surface area contributed by atoms with Crippen molar-refractivity contribution in [3.05, 3.63) is 17.0 Å². The topological polar surface area (TPSA) is 69.9 Å². The van der Waals surface area contributed by atoms with E-state index in [1.165, 1.54) is 0 Å². The summed E-state index contributed by atoms with van der Waals surface area (Å²) in [6, 6.07) is 1.65. The number of carbonyl (C=O) groups excluding carboxylic acids is 2. The molecular weight excluding hydrogens is 356 g/mol. The molecule has 0 unspecified atom stereocenters. The van der Waals surface area contributed by atoms with Gasteiger partial charge >= 0.3 is 0 Å². The number of amides is 2. The molecule has 0 N–H and O–H groups in total. The fourth-order valence-corrected chi connectivity index (χ4v) is 4.19. The van der Waals surface area contributed by atoms with Crippen molar-refractivity contribution in [2.24, 2.45) is 0 Å². The average Bonchev–Trinajstić information content (AvgIpc) is 2.98. The number of likely N-dealkylation sites (tertiary alicyclic amines) is 1. The maximum atomic E-state index is 12.7. The van der Waals surface area contributed by atoms with Crippen LogP contribution in [0.2, 0.25) is 5.15 Å². The van der Waals surface area contributed by atoms with E-state index in [0.717, 1.165) is 39.0 Å². The van der Waals surface area contributed by atoms with E-state index in [-0.39, 0.29) is 17.4 Å². The van der Waals surface area contributed by atoms with Crippen LogP contribution >= 0.6 is 11.6 Å². The third-order valence-corrected chi connectivity index (χ3v) is 6.03. The summed E-state index contributed by atoms with van der Waals surface area (Å²) < 4.78 is 5.08. The smallest absolute Gasteiger partial charge is 0.223 e. The predicted octanol–water partition coefficient (Wildman–Crippen LogP) is 1.81. The Kier molecular flexibility index (Phi) is 5.87. The van der Waals surface area contributed by atoms with Gasteiger partial charge in [-0.05, 0) is 26.8 Å². The zero-order valence-corrected chi connectivity index (χ0v) is 16.3. The Bertz CT molecular complexity index is 665. The first-order valence-corrected chi connectivity index (χ1v) is 9.69. The molecule has 1 aromatic heterocycles. The molecule has 2 aliphatic rings. The van der Waals surface area contributed by atoms with Crippen LogP contribution in [0.1, 0.15) is 38.4 Å². The molecule has 1 spiro atoms. The molecule has 0 radical (unpaired) electrons. The zero-order valence-electron chi connectivity index (χ0n) is 15.5. The standard InChI is InChI=1S/C18H27ClN4O3/c1-3-22-9-8-18(7-6-17(22)25)13-23(11-10-21(18)2)16(24)5-4-14-12-15(19)20-26-14/h12H,3-11,13H2,1-2H3/t18-/m1/s1. The van der Waals surface area contributed by atoms with Crippen molar-refractivity contribution < 1.29 is 14.1 Å². The summed E-state index contributed by atoms with van der Waals surface area (Å²) >= 11 is 5.75. The van der Waals surface area contributed by atoms with Crippen LogP contribution in [0.4, 0.5) is 0 Å². The van der Waals surface area contributed by atoms with E-state index in [0.29, 0.717) is 36.7 Å². The van der Waals surface area contributed by atoms with Gasteiger partial charge in [0, 0.05) is 63.6 Å².